The predicted octanol–water partition coefficient (Wildman–Crippen LogP) is 3.46. The third-order valence-corrected chi connectivity index (χ3v) is 7.52. The number of hydrogen-bond acceptors (Lipinski definition) is 9. The number of carbonyl (C=O) groups excluding carboxylic acids is 2. The molecule has 1 fully saturated rings. The Morgan fingerprint density at radius 1 is 0.976 bits per heavy atom. The van der Waals surface area contributed by atoms with Gasteiger partial charge in [0.2, 0.25) is 0 Å². The molecule has 2 aromatic carbocycles. The largest absolute Gasteiger partial charge is 0.497 e. The van der Waals surface area contributed by atoms with E-state index in [9.17, 15) is 9.59 Å². The van der Waals surface area contributed by atoms with Gasteiger partial charge < -0.3 is 28.3 Å². The Bertz CT molecular complexity index is 1380. The molecule has 3 heterocycles. The van der Waals surface area contributed by atoms with Crippen LogP contribution in [0.2, 0.25) is 0 Å². The van der Waals surface area contributed by atoms with Crippen LogP contribution in [0.3, 0.4) is 0 Å². The fourth-order valence-electron chi connectivity index (χ4n) is 5.15. The monoisotopic (exact) mass is 576 g/mol. The lowest BCUT2D eigenvalue weighted by Gasteiger charge is -2.30. The number of morpholine rings is 1. The molecular weight excluding hydrogens is 540 g/mol. The van der Waals surface area contributed by atoms with Crippen molar-refractivity contribution in [3.05, 3.63) is 77.7 Å². The highest BCUT2D eigenvalue weighted by Crippen LogP contribution is 2.37. The van der Waals surface area contributed by atoms with Crippen LogP contribution >= 0.6 is 0 Å². The Morgan fingerprint density at radius 2 is 1.74 bits per heavy atom. The highest BCUT2D eigenvalue weighted by Gasteiger charge is 2.35. The first-order chi connectivity index (χ1) is 20.5. The van der Waals surface area contributed by atoms with Gasteiger partial charge in [-0.25, -0.2) is 5.01 Å². The van der Waals surface area contributed by atoms with E-state index in [1.807, 2.05) is 42.5 Å². The molecule has 2 aliphatic rings. The standard InChI is InChI=1S/C31H36N4O7/c1-38-24-9-6-22(7-10-24)25-20-26(23-8-11-27(39-2)29(19-23)40-3)35(32-25)30(36)21-34(31(37)28-5-4-16-42-28)13-12-33-14-17-41-18-15-33/h4-11,16,19,26H,12-15,17-18,20-21H2,1-3H3/t26-/m0/s1. The molecule has 0 spiro atoms. The van der Waals surface area contributed by atoms with E-state index in [0.29, 0.717) is 44.2 Å². The maximum absolute atomic E-state index is 14.0. The van der Waals surface area contributed by atoms with Crippen LogP contribution in [-0.2, 0) is 9.53 Å². The van der Waals surface area contributed by atoms with Crippen molar-refractivity contribution >= 4 is 17.5 Å². The van der Waals surface area contributed by atoms with E-state index in [-0.39, 0.29) is 24.1 Å². The summed E-state index contributed by atoms with van der Waals surface area (Å²) in [5.41, 5.74) is 2.47. The number of amides is 2. The lowest BCUT2D eigenvalue weighted by molar-refractivity contribution is -0.133. The molecule has 0 radical (unpaired) electrons. The summed E-state index contributed by atoms with van der Waals surface area (Å²) in [5, 5.41) is 6.28. The molecule has 2 amide bonds. The van der Waals surface area contributed by atoms with E-state index in [0.717, 1.165) is 35.7 Å². The highest BCUT2D eigenvalue weighted by molar-refractivity contribution is 6.03. The summed E-state index contributed by atoms with van der Waals surface area (Å²) in [6, 6.07) is 16.0. The minimum absolute atomic E-state index is 0.160. The van der Waals surface area contributed by atoms with Crippen molar-refractivity contribution in [3.8, 4) is 17.2 Å². The van der Waals surface area contributed by atoms with Crippen molar-refractivity contribution in [1.82, 2.24) is 14.8 Å². The van der Waals surface area contributed by atoms with Crippen LogP contribution in [-0.4, -0.2) is 99.6 Å². The molecule has 11 nitrogen and oxygen atoms in total. The zero-order chi connectivity index (χ0) is 29.5. The molecule has 222 valence electrons. The van der Waals surface area contributed by atoms with Crippen molar-refractivity contribution in [2.24, 2.45) is 5.10 Å². The number of furan rings is 1. The zero-order valence-corrected chi connectivity index (χ0v) is 24.2. The van der Waals surface area contributed by atoms with Crippen LogP contribution in [0.15, 0.2) is 70.4 Å². The third-order valence-electron chi connectivity index (χ3n) is 7.52. The predicted molar refractivity (Wildman–Crippen MR) is 155 cm³/mol. The van der Waals surface area contributed by atoms with Gasteiger partial charge in [0.1, 0.15) is 12.3 Å². The topological polar surface area (TPSA) is 106 Å². The van der Waals surface area contributed by atoms with Gasteiger partial charge in [-0.1, -0.05) is 6.07 Å². The molecule has 0 saturated carbocycles. The molecule has 0 aliphatic carbocycles. The lowest BCUT2D eigenvalue weighted by atomic mass is 9.98. The lowest BCUT2D eigenvalue weighted by Crippen LogP contribution is -2.46. The molecule has 42 heavy (non-hydrogen) atoms. The second kappa shape index (κ2) is 13.5. The second-order valence-corrected chi connectivity index (χ2v) is 10.0. The Labute approximate surface area is 245 Å². The molecule has 11 heteroatoms. The number of carbonyl (C=O) groups is 2. The maximum Gasteiger partial charge on any atom is 0.290 e. The fourth-order valence-corrected chi connectivity index (χ4v) is 5.15. The number of nitrogens with zero attached hydrogens (tertiary/aromatic N) is 4. The van der Waals surface area contributed by atoms with Gasteiger partial charge in [0.05, 0.1) is 52.6 Å². The quantitative estimate of drug-likeness (QED) is 0.342. The Kier molecular flexibility index (Phi) is 9.40. The molecule has 5 rings (SSSR count). The molecule has 0 unspecified atom stereocenters. The summed E-state index contributed by atoms with van der Waals surface area (Å²) in [4.78, 5) is 31.2. The van der Waals surface area contributed by atoms with Crippen molar-refractivity contribution < 1.29 is 33.0 Å². The summed E-state index contributed by atoms with van der Waals surface area (Å²) >= 11 is 0. The van der Waals surface area contributed by atoms with Crippen LogP contribution in [0.5, 0.6) is 17.2 Å². The van der Waals surface area contributed by atoms with Gasteiger partial charge in [-0.05, 0) is 59.7 Å². The third kappa shape index (κ3) is 6.58. The van der Waals surface area contributed by atoms with Crippen LogP contribution in [0.1, 0.15) is 34.1 Å². The van der Waals surface area contributed by atoms with E-state index < -0.39 is 6.04 Å². The molecule has 2 aliphatic heterocycles. The molecule has 0 N–H and O–H groups in total. The summed E-state index contributed by atoms with van der Waals surface area (Å²) in [7, 11) is 4.77. The number of hydrazone groups is 1. The smallest absolute Gasteiger partial charge is 0.290 e. The summed E-state index contributed by atoms with van der Waals surface area (Å²) < 4.78 is 27.1. The Balaban J connectivity index is 1.43. The number of benzene rings is 2. The molecule has 1 aromatic heterocycles. The molecule has 1 saturated heterocycles. The summed E-state index contributed by atoms with van der Waals surface area (Å²) in [6.45, 7) is 3.66. The van der Waals surface area contributed by atoms with Gasteiger partial charge in [-0.2, -0.15) is 5.10 Å². The van der Waals surface area contributed by atoms with E-state index in [4.69, 9.17) is 28.5 Å². The minimum atomic E-state index is -0.408. The molecule has 1 atom stereocenters. The zero-order valence-electron chi connectivity index (χ0n) is 24.2. The van der Waals surface area contributed by atoms with Crippen molar-refractivity contribution in [1.29, 1.82) is 0 Å². The number of hydrogen-bond donors (Lipinski definition) is 0. The first-order valence-electron chi connectivity index (χ1n) is 13.9. The van der Waals surface area contributed by atoms with Crippen LogP contribution in [0, 0.1) is 0 Å². The fraction of sp³-hybridized carbons (Fsp3) is 0.387. The summed E-state index contributed by atoms with van der Waals surface area (Å²) in [5.74, 6) is 1.41. The van der Waals surface area contributed by atoms with Gasteiger partial charge in [0.15, 0.2) is 17.3 Å². The van der Waals surface area contributed by atoms with Crippen LogP contribution in [0.4, 0.5) is 0 Å². The average Bonchev–Trinajstić information content (AvgIpc) is 3.74. The average molecular weight is 577 g/mol. The van der Waals surface area contributed by atoms with Crippen molar-refractivity contribution in [2.45, 2.75) is 12.5 Å². The van der Waals surface area contributed by atoms with E-state index in [1.165, 1.54) is 16.2 Å². The highest BCUT2D eigenvalue weighted by atomic mass is 16.5. The summed E-state index contributed by atoms with van der Waals surface area (Å²) in [6.07, 6.45) is 1.93. The number of ether oxygens (including phenoxy) is 4. The van der Waals surface area contributed by atoms with Gasteiger partial charge >= 0.3 is 0 Å². The molecule has 3 aromatic rings. The van der Waals surface area contributed by atoms with Crippen LogP contribution in [0.25, 0.3) is 0 Å². The number of rotatable bonds is 11. The van der Waals surface area contributed by atoms with E-state index in [2.05, 4.69) is 4.90 Å². The van der Waals surface area contributed by atoms with Gasteiger partial charge in [-0.3, -0.25) is 14.5 Å². The minimum Gasteiger partial charge on any atom is -0.497 e. The van der Waals surface area contributed by atoms with E-state index >= 15 is 0 Å². The van der Waals surface area contributed by atoms with Crippen molar-refractivity contribution in [3.63, 3.8) is 0 Å². The second-order valence-electron chi connectivity index (χ2n) is 10.0. The van der Waals surface area contributed by atoms with Gasteiger partial charge in [0.25, 0.3) is 11.8 Å². The maximum atomic E-state index is 14.0. The Hall–Kier alpha value is -4.35. The SMILES string of the molecule is COc1ccc(C2=NN(C(=O)CN(CCN3CCOCC3)C(=O)c3ccco3)[C@H](c3ccc(OC)c(OC)c3)C2)cc1. The van der Waals surface area contributed by atoms with Gasteiger partial charge in [0, 0.05) is 32.6 Å². The van der Waals surface area contributed by atoms with E-state index in [1.54, 1.807) is 33.5 Å². The first kappa shape index (κ1) is 29.2. The van der Waals surface area contributed by atoms with Crippen molar-refractivity contribution in [2.75, 3.05) is 67.3 Å². The number of methoxy groups -OCH3 is 3. The van der Waals surface area contributed by atoms with Crippen LogP contribution < -0.4 is 14.2 Å². The first-order valence-corrected chi connectivity index (χ1v) is 13.9. The molecule has 0 bridgehead atoms. The molecular formula is C31H36N4O7. The van der Waals surface area contributed by atoms with Gasteiger partial charge in [-0.15, -0.1) is 0 Å². The Morgan fingerprint density at radius 3 is 2.40 bits per heavy atom. The normalized spacial score (nSPS) is 17.1.